The fourth-order valence-electron chi connectivity index (χ4n) is 2.64. The third-order valence-electron chi connectivity index (χ3n) is 3.89. The van der Waals surface area contributed by atoms with E-state index >= 15 is 0 Å². The van der Waals surface area contributed by atoms with Crippen LogP contribution in [0.3, 0.4) is 0 Å². The zero-order chi connectivity index (χ0) is 23.0. The third kappa shape index (κ3) is 7.71. The molecule has 0 saturated heterocycles. The van der Waals surface area contributed by atoms with Gasteiger partial charge < -0.3 is 19.7 Å². The number of ether oxygens (including phenoxy) is 2. The van der Waals surface area contributed by atoms with Crippen LogP contribution >= 0.6 is 11.8 Å². The number of alkyl halides is 3. The monoisotopic (exact) mass is 456 g/mol. The molecule has 0 spiro atoms. The first-order valence-corrected chi connectivity index (χ1v) is 10.2. The second-order valence-corrected chi connectivity index (χ2v) is 7.45. The van der Waals surface area contributed by atoms with Crippen molar-refractivity contribution in [3.63, 3.8) is 0 Å². The fourth-order valence-corrected chi connectivity index (χ4v) is 3.18. The summed E-state index contributed by atoms with van der Waals surface area (Å²) >= 11 is -0.258. The predicted octanol–water partition coefficient (Wildman–Crippen LogP) is 4.81. The summed E-state index contributed by atoms with van der Waals surface area (Å²) in [6, 6.07) is 10.00. The van der Waals surface area contributed by atoms with Gasteiger partial charge in [-0.15, -0.1) is 0 Å². The van der Waals surface area contributed by atoms with Crippen LogP contribution in [-0.2, 0) is 4.79 Å². The van der Waals surface area contributed by atoms with Crippen LogP contribution < -0.4 is 14.8 Å². The van der Waals surface area contributed by atoms with Crippen molar-refractivity contribution in [1.29, 1.82) is 0 Å². The maximum atomic E-state index is 12.5. The number of nitrogens with zero attached hydrogens (tertiary/aromatic N) is 1. The lowest BCUT2D eigenvalue weighted by Gasteiger charge is -2.18. The van der Waals surface area contributed by atoms with Crippen LogP contribution in [0.2, 0.25) is 0 Å². The van der Waals surface area contributed by atoms with Crippen molar-refractivity contribution in [2.45, 2.75) is 24.3 Å². The lowest BCUT2D eigenvalue weighted by molar-refractivity contribution is -0.116. The summed E-state index contributed by atoms with van der Waals surface area (Å²) in [5, 5.41) is 2.69. The molecule has 0 aliphatic rings. The smallest absolute Gasteiger partial charge is 0.446 e. The first kappa shape index (κ1) is 24.4. The second-order valence-electron chi connectivity index (χ2n) is 6.31. The molecule has 2 amide bonds. The molecule has 0 aromatic heterocycles. The van der Waals surface area contributed by atoms with E-state index in [-0.39, 0.29) is 28.8 Å². The molecule has 0 radical (unpaired) electrons. The van der Waals surface area contributed by atoms with Gasteiger partial charge in [-0.05, 0) is 62.0 Å². The minimum atomic E-state index is -4.40. The van der Waals surface area contributed by atoms with Crippen molar-refractivity contribution in [2.24, 2.45) is 0 Å². The van der Waals surface area contributed by atoms with Gasteiger partial charge in [0.2, 0.25) is 5.91 Å². The van der Waals surface area contributed by atoms with Crippen LogP contribution in [0.25, 0.3) is 0 Å². The van der Waals surface area contributed by atoms with Gasteiger partial charge in [0, 0.05) is 29.3 Å². The van der Waals surface area contributed by atoms with E-state index in [4.69, 9.17) is 9.47 Å². The van der Waals surface area contributed by atoms with Crippen LogP contribution in [0, 0.1) is 0 Å². The molecule has 1 N–H and O–H groups in total. The number of hydrogen-bond donors (Lipinski definition) is 1. The predicted molar refractivity (Wildman–Crippen MR) is 113 cm³/mol. The van der Waals surface area contributed by atoms with Gasteiger partial charge in [0.25, 0.3) is 5.91 Å². The maximum absolute atomic E-state index is 12.5. The molecule has 168 valence electrons. The average Bonchev–Trinajstić information content (AvgIpc) is 2.69. The van der Waals surface area contributed by atoms with E-state index in [1.807, 2.05) is 13.8 Å². The van der Waals surface area contributed by atoms with Gasteiger partial charge >= 0.3 is 5.51 Å². The Labute approximate surface area is 182 Å². The average molecular weight is 456 g/mol. The number of carbonyl (C=O) groups excluding carboxylic acids is 2. The zero-order valence-corrected chi connectivity index (χ0v) is 18.1. The van der Waals surface area contributed by atoms with Crippen molar-refractivity contribution in [1.82, 2.24) is 4.90 Å². The van der Waals surface area contributed by atoms with Crippen LogP contribution in [0.1, 0.15) is 24.2 Å². The normalized spacial score (nSPS) is 11.0. The molecule has 2 aromatic rings. The molecule has 0 unspecified atom stereocenters. The molecule has 10 heteroatoms. The summed E-state index contributed by atoms with van der Waals surface area (Å²) in [5.74, 6) is 0.122. The molecular weight excluding hydrogens is 433 g/mol. The first-order valence-electron chi connectivity index (χ1n) is 9.43. The number of thioether (sulfide) groups is 1. The van der Waals surface area contributed by atoms with E-state index in [1.165, 1.54) is 36.2 Å². The largest absolute Gasteiger partial charge is 0.490 e. The molecule has 0 aliphatic heterocycles. The van der Waals surface area contributed by atoms with Gasteiger partial charge in [0.1, 0.15) is 0 Å². The summed E-state index contributed by atoms with van der Waals surface area (Å²) in [6.07, 6.45) is 0. The molecular formula is C21H23F3N2O4S. The molecule has 2 aromatic carbocycles. The molecule has 0 heterocycles. The highest BCUT2D eigenvalue weighted by atomic mass is 32.2. The number of halogens is 3. The zero-order valence-electron chi connectivity index (χ0n) is 17.3. The molecule has 0 aliphatic carbocycles. The van der Waals surface area contributed by atoms with Gasteiger partial charge in [-0.2, -0.15) is 13.2 Å². The number of benzene rings is 2. The van der Waals surface area contributed by atoms with E-state index in [0.717, 1.165) is 0 Å². The van der Waals surface area contributed by atoms with Crippen LogP contribution in [0.5, 0.6) is 11.5 Å². The van der Waals surface area contributed by atoms with Gasteiger partial charge in [0.05, 0.1) is 19.8 Å². The Morgan fingerprint density at radius 2 is 1.61 bits per heavy atom. The van der Waals surface area contributed by atoms with E-state index in [0.29, 0.717) is 30.4 Å². The Morgan fingerprint density at radius 3 is 2.19 bits per heavy atom. The number of likely N-dealkylation sites (N-methyl/N-ethyl adjacent to an activating group) is 1. The Bertz CT molecular complexity index is 904. The van der Waals surface area contributed by atoms with Crippen molar-refractivity contribution >= 4 is 29.3 Å². The molecule has 0 saturated carbocycles. The molecule has 6 nitrogen and oxygen atoms in total. The summed E-state index contributed by atoms with van der Waals surface area (Å²) < 4.78 is 48.2. The Balaban J connectivity index is 1.98. The van der Waals surface area contributed by atoms with Crippen LogP contribution in [0.15, 0.2) is 47.4 Å². The number of carbonyl (C=O) groups is 2. The quantitative estimate of drug-likeness (QED) is 0.549. The topological polar surface area (TPSA) is 67.9 Å². The molecule has 2 rings (SSSR count). The number of nitrogens with one attached hydrogen (secondary N) is 1. The number of anilines is 1. The second kappa shape index (κ2) is 10.9. The highest BCUT2D eigenvalue weighted by Gasteiger charge is 2.29. The van der Waals surface area contributed by atoms with Gasteiger partial charge in [-0.25, -0.2) is 0 Å². The lowest BCUT2D eigenvalue weighted by Crippen LogP contribution is -2.34. The van der Waals surface area contributed by atoms with E-state index in [2.05, 4.69) is 5.32 Å². The Morgan fingerprint density at radius 1 is 1.00 bits per heavy atom. The summed E-state index contributed by atoms with van der Waals surface area (Å²) in [7, 11) is 1.43. The van der Waals surface area contributed by atoms with Crippen LogP contribution in [-0.4, -0.2) is 49.0 Å². The van der Waals surface area contributed by atoms with Crippen molar-refractivity contribution in [3.8, 4) is 11.5 Å². The van der Waals surface area contributed by atoms with Gasteiger partial charge in [-0.1, -0.05) is 0 Å². The molecule has 0 bridgehead atoms. The Kier molecular flexibility index (Phi) is 8.61. The van der Waals surface area contributed by atoms with E-state index in [1.54, 1.807) is 18.2 Å². The first-order chi connectivity index (χ1) is 14.6. The highest BCUT2D eigenvalue weighted by molar-refractivity contribution is 8.00. The van der Waals surface area contributed by atoms with E-state index < -0.39 is 17.3 Å². The van der Waals surface area contributed by atoms with Crippen molar-refractivity contribution in [2.75, 3.05) is 32.1 Å². The number of rotatable bonds is 9. The van der Waals surface area contributed by atoms with Gasteiger partial charge in [0.15, 0.2) is 11.5 Å². The minimum Gasteiger partial charge on any atom is -0.490 e. The van der Waals surface area contributed by atoms with Crippen LogP contribution in [0.4, 0.5) is 18.9 Å². The van der Waals surface area contributed by atoms with Crippen molar-refractivity contribution < 1.29 is 32.2 Å². The molecule has 0 atom stereocenters. The van der Waals surface area contributed by atoms with Crippen molar-refractivity contribution in [3.05, 3.63) is 48.0 Å². The van der Waals surface area contributed by atoms with Gasteiger partial charge in [-0.3, -0.25) is 9.59 Å². The fraction of sp³-hybridized carbons (Fsp3) is 0.333. The third-order valence-corrected chi connectivity index (χ3v) is 4.63. The number of amides is 2. The SMILES string of the molecule is CCOc1ccc(NC(=O)CN(C)C(=O)c2ccc(SC(F)(F)F)cc2)cc1OCC. The maximum Gasteiger partial charge on any atom is 0.446 e. The molecule has 31 heavy (non-hydrogen) atoms. The minimum absolute atomic E-state index is 0.0231. The Hall–Kier alpha value is -2.88. The number of hydrogen-bond acceptors (Lipinski definition) is 5. The summed E-state index contributed by atoms with van der Waals surface area (Å²) in [5.41, 5.74) is -3.74. The standard InChI is InChI=1S/C21H23F3N2O4S/c1-4-29-17-11-8-15(12-18(17)30-5-2)25-19(27)13-26(3)20(28)14-6-9-16(10-7-14)31-21(22,23)24/h6-12H,4-5,13H2,1-3H3,(H,25,27). The summed E-state index contributed by atoms with van der Waals surface area (Å²) in [6.45, 7) is 4.33. The lowest BCUT2D eigenvalue weighted by atomic mass is 10.2. The highest BCUT2D eigenvalue weighted by Crippen LogP contribution is 2.36. The summed E-state index contributed by atoms with van der Waals surface area (Å²) in [4.78, 5) is 26.0. The van der Waals surface area contributed by atoms with E-state index in [9.17, 15) is 22.8 Å². The molecule has 0 fully saturated rings.